The van der Waals surface area contributed by atoms with Gasteiger partial charge in [0.2, 0.25) is 5.91 Å². The molecule has 0 fully saturated rings. The van der Waals surface area contributed by atoms with Crippen molar-refractivity contribution < 1.29 is 19.1 Å². The Bertz CT molecular complexity index is 1090. The fraction of sp³-hybridized carbons (Fsp3) is 0.222. The number of carbonyl (C=O) groups excluding carboxylic acids is 3. The lowest BCUT2D eigenvalue weighted by Gasteiger charge is -2.20. The predicted octanol–water partition coefficient (Wildman–Crippen LogP) is 3.69. The Labute approximate surface area is 199 Å². The number of anilines is 1. The minimum atomic E-state index is -0.852. The van der Waals surface area contributed by atoms with Gasteiger partial charge in [0.15, 0.2) is 0 Å². The van der Waals surface area contributed by atoms with Crippen LogP contribution in [0.15, 0.2) is 84.9 Å². The highest BCUT2D eigenvalue weighted by molar-refractivity contribution is 5.98. The van der Waals surface area contributed by atoms with Gasteiger partial charge in [-0.05, 0) is 36.1 Å². The average molecular weight is 460 g/mol. The zero-order valence-electron chi connectivity index (χ0n) is 19.1. The number of ether oxygens (including phenoxy) is 1. The van der Waals surface area contributed by atoms with Gasteiger partial charge in [0, 0.05) is 12.1 Å². The van der Waals surface area contributed by atoms with Crippen LogP contribution in [0.2, 0.25) is 0 Å². The first kappa shape index (κ1) is 24.5. The Kier molecular flexibility index (Phi) is 9.22. The monoisotopic (exact) mass is 459 g/mol. The third-order valence-electron chi connectivity index (χ3n) is 5.12. The molecule has 0 aliphatic rings. The van der Waals surface area contributed by atoms with Crippen LogP contribution in [0.4, 0.5) is 10.5 Å². The van der Waals surface area contributed by atoms with E-state index in [2.05, 4.69) is 16.0 Å². The van der Waals surface area contributed by atoms with Crippen molar-refractivity contribution in [2.45, 2.75) is 25.8 Å². The zero-order chi connectivity index (χ0) is 24.2. The van der Waals surface area contributed by atoms with Crippen LogP contribution in [0, 0.1) is 0 Å². The molecule has 3 aromatic carbocycles. The second-order valence-electron chi connectivity index (χ2n) is 7.68. The van der Waals surface area contributed by atoms with Crippen molar-refractivity contribution in [1.29, 1.82) is 0 Å². The molecule has 3 aromatic rings. The number of rotatable bonds is 10. The fourth-order valence-electron chi connectivity index (χ4n) is 3.46. The number of carbonyl (C=O) groups is 3. The quantitative estimate of drug-likeness (QED) is 0.403. The van der Waals surface area contributed by atoms with Crippen molar-refractivity contribution in [1.82, 2.24) is 10.6 Å². The van der Waals surface area contributed by atoms with Gasteiger partial charge in [-0.25, -0.2) is 4.79 Å². The van der Waals surface area contributed by atoms with Gasteiger partial charge < -0.3 is 20.7 Å². The van der Waals surface area contributed by atoms with Gasteiger partial charge in [-0.2, -0.15) is 0 Å². The van der Waals surface area contributed by atoms with Crippen LogP contribution in [0.5, 0.6) is 0 Å². The molecule has 3 rings (SSSR count). The minimum absolute atomic E-state index is 0.226. The normalized spacial score (nSPS) is 11.2. The van der Waals surface area contributed by atoms with Crippen LogP contribution in [0.25, 0.3) is 0 Å². The van der Waals surface area contributed by atoms with Crippen molar-refractivity contribution in [3.05, 3.63) is 102 Å². The number of benzene rings is 3. The standard InChI is InChI=1S/C27H29N3O4/c1-2-34-25(31)19-28-27(33)30-24(18-21-13-7-4-8-14-21)26(32)29-23-16-10-9-15-22(23)17-20-11-5-3-6-12-20/h3-16,24H,2,17-19H2,1H3,(H,29,32)(H2,28,30,33). The maximum Gasteiger partial charge on any atom is 0.325 e. The minimum Gasteiger partial charge on any atom is -0.465 e. The van der Waals surface area contributed by atoms with E-state index in [1.54, 1.807) is 6.92 Å². The van der Waals surface area contributed by atoms with Gasteiger partial charge in [-0.3, -0.25) is 9.59 Å². The second kappa shape index (κ2) is 12.8. The molecule has 3 N–H and O–H groups in total. The summed E-state index contributed by atoms with van der Waals surface area (Å²) in [5.74, 6) is -0.896. The Morgan fingerprint density at radius 3 is 2.12 bits per heavy atom. The van der Waals surface area contributed by atoms with E-state index in [9.17, 15) is 14.4 Å². The molecule has 0 saturated carbocycles. The summed E-state index contributed by atoms with van der Waals surface area (Å²) in [4.78, 5) is 37.2. The van der Waals surface area contributed by atoms with Gasteiger partial charge in [-0.15, -0.1) is 0 Å². The van der Waals surface area contributed by atoms with Gasteiger partial charge in [0.1, 0.15) is 12.6 Å². The lowest BCUT2D eigenvalue weighted by molar-refractivity contribution is -0.141. The van der Waals surface area contributed by atoms with Gasteiger partial charge in [0.05, 0.1) is 6.61 Å². The number of urea groups is 1. The first-order valence-corrected chi connectivity index (χ1v) is 11.2. The van der Waals surface area contributed by atoms with Gasteiger partial charge in [-0.1, -0.05) is 78.9 Å². The van der Waals surface area contributed by atoms with E-state index in [1.807, 2.05) is 84.9 Å². The van der Waals surface area contributed by atoms with Gasteiger partial charge in [0.25, 0.3) is 0 Å². The summed E-state index contributed by atoms with van der Waals surface area (Å²) in [6, 6.07) is 25.5. The number of hydrogen-bond donors (Lipinski definition) is 3. The van der Waals surface area contributed by atoms with Crippen molar-refractivity contribution in [3.63, 3.8) is 0 Å². The summed E-state index contributed by atoms with van der Waals surface area (Å²) in [5.41, 5.74) is 3.67. The summed E-state index contributed by atoms with van der Waals surface area (Å²) in [6.07, 6.45) is 0.953. The highest BCUT2D eigenvalue weighted by Gasteiger charge is 2.22. The molecule has 34 heavy (non-hydrogen) atoms. The van der Waals surface area contributed by atoms with Gasteiger partial charge >= 0.3 is 12.0 Å². The Hall–Kier alpha value is -4.13. The molecule has 7 heteroatoms. The molecule has 7 nitrogen and oxygen atoms in total. The molecular weight excluding hydrogens is 430 g/mol. The maximum atomic E-state index is 13.3. The van der Waals surface area contributed by atoms with E-state index < -0.39 is 18.0 Å². The number of nitrogens with one attached hydrogen (secondary N) is 3. The lowest BCUT2D eigenvalue weighted by Crippen LogP contribution is -2.50. The third-order valence-corrected chi connectivity index (χ3v) is 5.12. The Morgan fingerprint density at radius 2 is 1.44 bits per heavy atom. The van der Waals surface area contributed by atoms with Crippen molar-refractivity contribution >= 4 is 23.6 Å². The van der Waals surface area contributed by atoms with Crippen LogP contribution >= 0.6 is 0 Å². The summed E-state index contributed by atoms with van der Waals surface area (Å²) in [6.45, 7) is 1.64. The van der Waals surface area contributed by atoms with Crippen molar-refractivity contribution in [2.24, 2.45) is 0 Å². The van der Waals surface area contributed by atoms with Crippen LogP contribution < -0.4 is 16.0 Å². The molecule has 176 valence electrons. The van der Waals surface area contributed by atoms with Crippen LogP contribution in [0.1, 0.15) is 23.6 Å². The average Bonchev–Trinajstić information content (AvgIpc) is 2.85. The smallest absolute Gasteiger partial charge is 0.325 e. The topological polar surface area (TPSA) is 96.5 Å². The molecule has 0 radical (unpaired) electrons. The van der Waals surface area contributed by atoms with E-state index in [4.69, 9.17) is 4.74 Å². The molecule has 3 amide bonds. The summed E-state index contributed by atoms with van der Waals surface area (Å²) in [7, 11) is 0. The third kappa shape index (κ3) is 7.78. The molecule has 0 saturated heterocycles. The first-order chi connectivity index (χ1) is 16.5. The van der Waals surface area contributed by atoms with E-state index in [0.29, 0.717) is 18.5 Å². The molecule has 0 aliphatic heterocycles. The van der Waals surface area contributed by atoms with E-state index >= 15 is 0 Å². The number of esters is 1. The Morgan fingerprint density at radius 1 is 0.824 bits per heavy atom. The molecule has 0 bridgehead atoms. The predicted molar refractivity (Wildman–Crippen MR) is 131 cm³/mol. The zero-order valence-corrected chi connectivity index (χ0v) is 19.1. The second-order valence-corrected chi connectivity index (χ2v) is 7.68. The molecule has 0 aromatic heterocycles. The van der Waals surface area contributed by atoms with E-state index in [0.717, 1.165) is 16.7 Å². The summed E-state index contributed by atoms with van der Waals surface area (Å²) >= 11 is 0. The molecule has 1 unspecified atom stereocenters. The highest BCUT2D eigenvalue weighted by atomic mass is 16.5. The molecule has 0 aliphatic carbocycles. The molecule has 0 spiro atoms. The lowest BCUT2D eigenvalue weighted by atomic mass is 10.0. The fourth-order valence-corrected chi connectivity index (χ4v) is 3.46. The van der Waals surface area contributed by atoms with Crippen LogP contribution in [-0.4, -0.2) is 37.1 Å². The SMILES string of the molecule is CCOC(=O)CNC(=O)NC(Cc1ccccc1)C(=O)Nc1ccccc1Cc1ccccc1. The van der Waals surface area contributed by atoms with E-state index in [1.165, 1.54) is 0 Å². The van der Waals surface area contributed by atoms with Crippen LogP contribution in [0.3, 0.4) is 0 Å². The maximum absolute atomic E-state index is 13.3. The van der Waals surface area contributed by atoms with Crippen molar-refractivity contribution in [3.8, 4) is 0 Å². The van der Waals surface area contributed by atoms with Crippen molar-refractivity contribution in [2.75, 3.05) is 18.5 Å². The van der Waals surface area contributed by atoms with E-state index in [-0.39, 0.29) is 19.1 Å². The summed E-state index contributed by atoms with van der Waals surface area (Å²) < 4.78 is 4.82. The largest absolute Gasteiger partial charge is 0.465 e. The van der Waals surface area contributed by atoms with Crippen LogP contribution in [-0.2, 0) is 27.2 Å². The highest BCUT2D eigenvalue weighted by Crippen LogP contribution is 2.19. The molecule has 0 heterocycles. The molecular formula is C27H29N3O4. The number of para-hydroxylation sites is 1. The Balaban J connectivity index is 1.72. The number of hydrogen-bond acceptors (Lipinski definition) is 4. The summed E-state index contributed by atoms with van der Waals surface area (Å²) in [5, 5.41) is 8.09. The molecule has 1 atom stereocenters. The first-order valence-electron chi connectivity index (χ1n) is 11.2. The number of amides is 3.